The van der Waals surface area contributed by atoms with Crippen molar-refractivity contribution in [3.8, 4) is 0 Å². The van der Waals surface area contributed by atoms with Crippen molar-refractivity contribution < 1.29 is 9.53 Å². The van der Waals surface area contributed by atoms with Crippen molar-refractivity contribution in [2.45, 2.75) is 32.7 Å². The molecule has 4 nitrogen and oxygen atoms in total. The summed E-state index contributed by atoms with van der Waals surface area (Å²) in [5.74, 6) is 0.586. The average molecular weight is 251 g/mol. The first-order valence-corrected chi connectivity index (χ1v) is 5.77. The molecule has 1 aliphatic rings. The lowest BCUT2D eigenvalue weighted by Gasteiger charge is -2.37. The fraction of sp³-hybridized carbons (Fsp3) is 0.909. The van der Waals surface area contributed by atoms with Gasteiger partial charge in [-0.3, -0.25) is 9.69 Å². The van der Waals surface area contributed by atoms with Gasteiger partial charge in [0.05, 0.1) is 13.2 Å². The topological polar surface area (TPSA) is 55.6 Å². The van der Waals surface area contributed by atoms with E-state index < -0.39 is 0 Å². The zero-order chi connectivity index (χ0) is 11.3. The summed E-state index contributed by atoms with van der Waals surface area (Å²) in [7, 11) is 0. The van der Waals surface area contributed by atoms with E-state index >= 15 is 0 Å². The fourth-order valence-electron chi connectivity index (χ4n) is 2.13. The third-order valence-electron chi connectivity index (χ3n) is 3.01. The Labute approximate surface area is 104 Å². The van der Waals surface area contributed by atoms with E-state index in [9.17, 15) is 4.79 Å². The molecule has 0 aromatic rings. The molecular weight excluding hydrogens is 228 g/mol. The van der Waals surface area contributed by atoms with Crippen LogP contribution < -0.4 is 5.73 Å². The van der Waals surface area contributed by atoms with Gasteiger partial charge in [-0.25, -0.2) is 0 Å². The molecule has 0 saturated carbocycles. The number of piperidine rings is 1. The minimum absolute atomic E-state index is 0. The number of nitrogens with zero attached hydrogens (tertiary/aromatic N) is 1. The largest absolute Gasteiger partial charge is 0.465 e. The van der Waals surface area contributed by atoms with E-state index in [1.807, 2.05) is 6.92 Å². The number of carbonyl (C=O) groups is 1. The van der Waals surface area contributed by atoms with E-state index in [0.717, 1.165) is 25.3 Å². The maximum absolute atomic E-state index is 11.3. The molecule has 1 saturated heterocycles. The van der Waals surface area contributed by atoms with Gasteiger partial charge in [0.1, 0.15) is 0 Å². The van der Waals surface area contributed by atoms with Gasteiger partial charge in [-0.2, -0.15) is 0 Å². The SMILES string of the molecule is CCOC(=O)CN1CCC(C)CC1CN.Cl. The predicted molar refractivity (Wildman–Crippen MR) is 66.7 cm³/mol. The summed E-state index contributed by atoms with van der Waals surface area (Å²) >= 11 is 0. The lowest BCUT2D eigenvalue weighted by Crippen LogP contribution is -2.48. The van der Waals surface area contributed by atoms with Gasteiger partial charge >= 0.3 is 5.97 Å². The lowest BCUT2D eigenvalue weighted by molar-refractivity contribution is -0.145. The smallest absolute Gasteiger partial charge is 0.320 e. The Hall–Kier alpha value is -0.320. The van der Waals surface area contributed by atoms with Crippen LogP contribution in [-0.2, 0) is 9.53 Å². The number of halogens is 1. The van der Waals surface area contributed by atoms with Crippen LogP contribution in [0.3, 0.4) is 0 Å². The summed E-state index contributed by atoms with van der Waals surface area (Å²) < 4.78 is 4.94. The summed E-state index contributed by atoms with van der Waals surface area (Å²) in [6.07, 6.45) is 2.24. The van der Waals surface area contributed by atoms with Crippen LogP contribution in [-0.4, -0.2) is 43.2 Å². The molecule has 5 heteroatoms. The first-order valence-electron chi connectivity index (χ1n) is 5.77. The van der Waals surface area contributed by atoms with Crippen molar-refractivity contribution in [1.29, 1.82) is 0 Å². The molecule has 1 heterocycles. The molecule has 0 spiro atoms. The van der Waals surface area contributed by atoms with Gasteiger partial charge < -0.3 is 10.5 Å². The number of nitrogens with two attached hydrogens (primary N) is 1. The molecule has 0 amide bonds. The van der Waals surface area contributed by atoms with Crippen molar-refractivity contribution in [2.24, 2.45) is 11.7 Å². The number of likely N-dealkylation sites (tertiary alicyclic amines) is 1. The second-order valence-corrected chi connectivity index (χ2v) is 4.29. The number of esters is 1. The van der Waals surface area contributed by atoms with Crippen LogP contribution in [0.1, 0.15) is 26.7 Å². The van der Waals surface area contributed by atoms with E-state index in [2.05, 4.69) is 11.8 Å². The number of carbonyl (C=O) groups excluding carboxylic acids is 1. The number of rotatable bonds is 4. The maximum atomic E-state index is 11.3. The zero-order valence-electron chi connectivity index (χ0n) is 10.1. The highest BCUT2D eigenvalue weighted by molar-refractivity contribution is 5.85. The van der Waals surface area contributed by atoms with Crippen molar-refractivity contribution in [3.63, 3.8) is 0 Å². The van der Waals surface area contributed by atoms with Crippen LogP contribution >= 0.6 is 12.4 Å². The van der Waals surface area contributed by atoms with Gasteiger partial charge in [-0.1, -0.05) is 6.92 Å². The first kappa shape index (κ1) is 15.7. The standard InChI is InChI=1S/C11H22N2O2.ClH/c1-3-15-11(14)8-13-5-4-9(2)6-10(13)7-12;/h9-10H,3-8,12H2,1-2H3;1H. The first-order chi connectivity index (χ1) is 7.17. The molecule has 2 N–H and O–H groups in total. The molecule has 16 heavy (non-hydrogen) atoms. The molecule has 96 valence electrons. The van der Waals surface area contributed by atoms with Crippen LogP contribution in [0.25, 0.3) is 0 Å². The van der Waals surface area contributed by atoms with Gasteiger partial charge in [0, 0.05) is 12.6 Å². The average Bonchev–Trinajstić information content (AvgIpc) is 2.21. The number of ether oxygens (including phenoxy) is 1. The lowest BCUT2D eigenvalue weighted by atomic mass is 9.92. The normalized spacial score (nSPS) is 25.9. The molecule has 2 atom stereocenters. The molecule has 1 aliphatic heterocycles. The van der Waals surface area contributed by atoms with Gasteiger partial charge in [-0.15, -0.1) is 12.4 Å². The monoisotopic (exact) mass is 250 g/mol. The number of hydrogen-bond donors (Lipinski definition) is 1. The van der Waals surface area contributed by atoms with Crippen molar-refractivity contribution in [3.05, 3.63) is 0 Å². The Balaban J connectivity index is 0.00000225. The van der Waals surface area contributed by atoms with Crippen molar-refractivity contribution in [1.82, 2.24) is 4.90 Å². The van der Waals surface area contributed by atoms with Crippen molar-refractivity contribution >= 4 is 18.4 Å². The molecule has 2 unspecified atom stereocenters. The Morgan fingerprint density at radius 2 is 2.25 bits per heavy atom. The molecule has 0 radical (unpaired) electrons. The Morgan fingerprint density at radius 3 is 2.81 bits per heavy atom. The third kappa shape index (κ3) is 4.68. The Bertz CT molecular complexity index is 214. The maximum Gasteiger partial charge on any atom is 0.320 e. The van der Waals surface area contributed by atoms with E-state index in [4.69, 9.17) is 10.5 Å². The van der Waals surface area contributed by atoms with Crippen LogP contribution in [0.15, 0.2) is 0 Å². The highest BCUT2D eigenvalue weighted by atomic mass is 35.5. The molecule has 1 rings (SSSR count). The van der Waals surface area contributed by atoms with Crippen LogP contribution in [0, 0.1) is 5.92 Å². The summed E-state index contributed by atoms with van der Waals surface area (Å²) in [5.41, 5.74) is 5.71. The summed E-state index contributed by atoms with van der Waals surface area (Å²) in [5, 5.41) is 0. The number of hydrogen-bond acceptors (Lipinski definition) is 4. The molecule has 0 bridgehead atoms. The van der Waals surface area contributed by atoms with Crippen LogP contribution in [0.4, 0.5) is 0 Å². The van der Waals surface area contributed by atoms with E-state index in [0.29, 0.717) is 25.7 Å². The second-order valence-electron chi connectivity index (χ2n) is 4.29. The van der Waals surface area contributed by atoms with Gasteiger partial charge in [0.15, 0.2) is 0 Å². The van der Waals surface area contributed by atoms with E-state index in [-0.39, 0.29) is 18.4 Å². The fourth-order valence-corrected chi connectivity index (χ4v) is 2.13. The summed E-state index contributed by atoms with van der Waals surface area (Å²) in [4.78, 5) is 13.5. The summed E-state index contributed by atoms with van der Waals surface area (Å²) in [6.45, 7) is 6.51. The highest BCUT2D eigenvalue weighted by Gasteiger charge is 2.26. The molecular formula is C11H23ClN2O2. The van der Waals surface area contributed by atoms with Gasteiger partial charge in [0.25, 0.3) is 0 Å². The van der Waals surface area contributed by atoms with Gasteiger partial charge in [-0.05, 0) is 32.2 Å². The molecule has 1 fully saturated rings. The predicted octanol–water partition coefficient (Wildman–Crippen LogP) is 1.03. The Morgan fingerprint density at radius 1 is 1.56 bits per heavy atom. The Kier molecular flexibility index (Phi) is 7.72. The highest BCUT2D eigenvalue weighted by Crippen LogP contribution is 2.21. The third-order valence-corrected chi connectivity index (χ3v) is 3.01. The van der Waals surface area contributed by atoms with Gasteiger partial charge in [0.2, 0.25) is 0 Å². The quantitative estimate of drug-likeness (QED) is 0.758. The van der Waals surface area contributed by atoms with Crippen LogP contribution in [0.5, 0.6) is 0 Å². The van der Waals surface area contributed by atoms with E-state index in [1.54, 1.807) is 0 Å². The van der Waals surface area contributed by atoms with E-state index in [1.165, 1.54) is 0 Å². The second kappa shape index (κ2) is 7.87. The zero-order valence-corrected chi connectivity index (χ0v) is 11.0. The molecule has 0 aromatic heterocycles. The van der Waals surface area contributed by atoms with Crippen LogP contribution in [0.2, 0.25) is 0 Å². The molecule has 0 aromatic carbocycles. The minimum Gasteiger partial charge on any atom is -0.465 e. The molecule has 0 aliphatic carbocycles. The van der Waals surface area contributed by atoms with Crippen molar-refractivity contribution in [2.75, 3.05) is 26.2 Å². The minimum atomic E-state index is -0.134. The summed E-state index contributed by atoms with van der Waals surface area (Å²) in [6, 6.07) is 0.346.